The van der Waals surface area contributed by atoms with Crippen molar-refractivity contribution >= 4 is 23.7 Å². The largest absolute Gasteiger partial charge is 0.479 e. The van der Waals surface area contributed by atoms with Gasteiger partial charge in [-0.1, -0.05) is 48.5 Å². The maximum atomic E-state index is 12.4. The Bertz CT molecular complexity index is 1390. The SMILES string of the molecule is CC(=O)NC1C(Oc2ccc(/C=C/C(=O)c3ccccc3)cc2)OC2COC(c3ccco3)OC2C1OC(C)C(=O)O. The predicted octanol–water partition coefficient (Wildman–Crippen LogP) is 3.76. The first-order valence-electron chi connectivity index (χ1n) is 13.4. The zero-order valence-corrected chi connectivity index (χ0v) is 23.0. The van der Waals surface area contributed by atoms with Gasteiger partial charge in [-0.15, -0.1) is 0 Å². The second kappa shape index (κ2) is 13.1. The second-order valence-electron chi connectivity index (χ2n) is 9.88. The van der Waals surface area contributed by atoms with Crippen molar-refractivity contribution in [2.24, 2.45) is 0 Å². The Kier molecular flexibility index (Phi) is 9.13. The van der Waals surface area contributed by atoms with Crippen molar-refractivity contribution in [1.82, 2.24) is 5.32 Å². The summed E-state index contributed by atoms with van der Waals surface area (Å²) in [6.07, 6.45) is -0.990. The summed E-state index contributed by atoms with van der Waals surface area (Å²) >= 11 is 0. The summed E-state index contributed by atoms with van der Waals surface area (Å²) in [5, 5.41) is 12.4. The highest BCUT2D eigenvalue weighted by Gasteiger charge is 2.53. The maximum absolute atomic E-state index is 12.4. The highest BCUT2D eigenvalue weighted by atomic mass is 16.8. The number of allylic oxidation sites excluding steroid dienone is 1. The van der Waals surface area contributed by atoms with E-state index >= 15 is 0 Å². The van der Waals surface area contributed by atoms with Gasteiger partial charge in [0.25, 0.3) is 0 Å². The number of carbonyl (C=O) groups is 3. The maximum Gasteiger partial charge on any atom is 0.332 e. The van der Waals surface area contributed by atoms with Crippen molar-refractivity contribution in [2.75, 3.05) is 6.61 Å². The van der Waals surface area contributed by atoms with Crippen molar-refractivity contribution in [3.05, 3.63) is 96.0 Å². The Labute approximate surface area is 242 Å². The molecule has 1 amide bonds. The Morgan fingerprint density at radius 1 is 1.02 bits per heavy atom. The van der Waals surface area contributed by atoms with Gasteiger partial charge < -0.3 is 38.5 Å². The third kappa shape index (κ3) is 6.94. The number of furan rings is 1. The van der Waals surface area contributed by atoms with Gasteiger partial charge in [0.15, 0.2) is 17.6 Å². The lowest BCUT2D eigenvalue weighted by atomic mass is 9.95. The Morgan fingerprint density at radius 2 is 1.79 bits per heavy atom. The number of carboxylic acids is 1. The van der Waals surface area contributed by atoms with E-state index in [2.05, 4.69) is 5.32 Å². The average molecular weight is 578 g/mol. The van der Waals surface area contributed by atoms with Crippen LogP contribution in [0.15, 0.2) is 83.5 Å². The molecule has 7 unspecified atom stereocenters. The van der Waals surface area contributed by atoms with E-state index in [1.54, 1.807) is 66.7 Å². The number of rotatable bonds is 10. The van der Waals surface area contributed by atoms with Gasteiger partial charge in [0, 0.05) is 12.5 Å². The molecule has 3 aromatic rings. The Morgan fingerprint density at radius 3 is 2.45 bits per heavy atom. The van der Waals surface area contributed by atoms with Crippen LogP contribution in [0.5, 0.6) is 5.75 Å². The summed E-state index contributed by atoms with van der Waals surface area (Å²) < 4.78 is 35.7. The van der Waals surface area contributed by atoms with Crippen LogP contribution in [0.2, 0.25) is 0 Å². The summed E-state index contributed by atoms with van der Waals surface area (Å²) in [5.74, 6) is -0.859. The van der Waals surface area contributed by atoms with Gasteiger partial charge in [0.2, 0.25) is 18.5 Å². The predicted molar refractivity (Wildman–Crippen MR) is 147 cm³/mol. The summed E-state index contributed by atoms with van der Waals surface area (Å²) in [6, 6.07) is 18.3. The molecular weight excluding hydrogens is 546 g/mol. The van der Waals surface area contributed by atoms with Crippen LogP contribution in [-0.4, -0.2) is 66.1 Å². The average Bonchev–Trinajstić information content (AvgIpc) is 3.53. The highest BCUT2D eigenvalue weighted by molar-refractivity contribution is 6.06. The van der Waals surface area contributed by atoms with Crippen molar-refractivity contribution in [1.29, 1.82) is 0 Å². The molecule has 5 rings (SSSR count). The smallest absolute Gasteiger partial charge is 0.332 e. The zero-order valence-electron chi connectivity index (χ0n) is 23.0. The fourth-order valence-corrected chi connectivity index (χ4v) is 4.75. The molecule has 7 atom stereocenters. The first-order valence-corrected chi connectivity index (χ1v) is 13.4. The molecule has 220 valence electrons. The lowest BCUT2D eigenvalue weighted by molar-refractivity contribution is -0.343. The van der Waals surface area contributed by atoms with Crippen LogP contribution in [0.25, 0.3) is 6.08 Å². The third-order valence-electron chi connectivity index (χ3n) is 6.81. The quantitative estimate of drug-likeness (QED) is 0.270. The number of aliphatic carboxylic acids is 1. The molecule has 2 aliphatic heterocycles. The number of hydrogen-bond donors (Lipinski definition) is 2. The minimum absolute atomic E-state index is 0.0726. The molecule has 0 aliphatic carbocycles. The fourth-order valence-electron chi connectivity index (χ4n) is 4.75. The lowest BCUT2D eigenvalue weighted by Crippen LogP contribution is -2.68. The molecule has 0 spiro atoms. The van der Waals surface area contributed by atoms with Crippen LogP contribution in [0.1, 0.15) is 41.8 Å². The van der Waals surface area contributed by atoms with Crippen LogP contribution in [-0.2, 0) is 28.5 Å². The van der Waals surface area contributed by atoms with E-state index in [4.69, 9.17) is 28.1 Å². The Hall–Kier alpha value is -4.29. The van der Waals surface area contributed by atoms with Crippen molar-refractivity contribution < 1.29 is 47.6 Å². The number of carbonyl (C=O) groups excluding carboxylic acids is 2. The molecule has 2 aliphatic rings. The minimum atomic E-state index is -1.22. The van der Waals surface area contributed by atoms with Crippen LogP contribution in [0.4, 0.5) is 0 Å². The molecule has 2 fully saturated rings. The first-order chi connectivity index (χ1) is 20.3. The summed E-state index contributed by atoms with van der Waals surface area (Å²) in [6.45, 7) is 2.80. The van der Waals surface area contributed by atoms with E-state index in [0.29, 0.717) is 17.1 Å². The van der Waals surface area contributed by atoms with E-state index in [9.17, 15) is 19.5 Å². The molecule has 0 radical (unpaired) electrons. The summed E-state index contributed by atoms with van der Waals surface area (Å²) in [5.41, 5.74) is 1.36. The number of ketones is 1. The van der Waals surface area contributed by atoms with Crippen LogP contribution < -0.4 is 10.1 Å². The van der Waals surface area contributed by atoms with Gasteiger partial charge in [-0.05, 0) is 42.8 Å². The molecule has 1 aromatic heterocycles. The standard InChI is InChI=1S/C31H31NO10/c1-18(29(35)36)39-28-26(32-19(2)33)31(41-25-17-38-30(42-27(25)28)24-9-6-16-37-24)40-22-13-10-20(11-14-22)12-15-23(34)21-7-4-3-5-8-21/h3-16,18,25-28,30-31H,17H2,1-2H3,(H,32,33)(H,35,36)/b15-12+. The second-order valence-corrected chi connectivity index (χ2v) is 9.88. The zero-order chi connectivity index (χ0) is 29.6. The third-order valence-corrected chi connectivity index (χ3v) is 6.81. The summed E-state index contributed by atoms with van der Waals surface area (Å²) in [7, 11) is 0. The summed E-state index contributed by atoms with van der Waals surface area (Å²) in [4.78, 5) is 36.3. The first kappa shape index (κ1) is 29.2. The van der Waals surface area contributed by atoms with Gasteiger partial charge in [0.1, 0.15) is 30.1 Å². The highest BCUT2D eigenvalue weighted by Crippen LogP contribution is 2.36. The molecule has 0 saturated carbocycles. The van der Waals surface area contributed by atoms with Crippen molar-refractivity contribution in [2.45, 2.75) is 56.9 Å². The van der Waals surface area contributed by atoms with Crippen LogP contribution >= 0.6 is 0 Å². The van der Waals surface area contributed by atoms with E-state index in [1.807, 2.05) is 6.07 Å². The van der Waals surface area contributed by atoms with Gasteiger partial charge in [-0.3, -0.25) is 9.59 Å². The topological polar surface area (TPSA) is 143 Å². The number of benzene rings is 2. The van der Waals surface area contributed by atoms with Crippen molar-refractivity contribution in [3.63, 3.8) is 0 Å². The number of hydrogen-bond acceptors (Lipinski definition) is 9. The molecule has 3 heterocycles. The lowest BCUT2D eigenvalue weighted by Gasteiger charge is -2.49. The van der Waals surface area contributed by atoms with E-state index in [-0.39, 0.29) is 12.4 Å². The van der Waals surface area contributed by atoms with Gasteiger partial charge in [-0.2, -0.15) is 0 Å². The minimum Gasteiger partial charge on any atom is -0.479 e. The molecule has 11 nitrogen and oxygen atoms in total. The molecule has 11 heteroatoms. The molecule has 42 heavy (non-hydrogen) atoms. The fraction of sp³-hybridized carbons (Fsp3) is 0.323. The molecule has 2 saturated heterocycles. The van der Waals surface area contributed by atoms with Gasteiger partial charge in [0.05, 0.1) is 12.9 Å². The number of carboxylic acid groups (broad SMARTS) is 1. The molecular formula is C31H31NO10. The van der Waals surface area contributed by atoms with Crippen LogP contribution in [0, 0.1) is 0 Å². The van der Waals surface area contributed by atoms with E-state index in [1.165, 1.54) is 26.2 Å². The van der Waals surface area contributed by atoms with Gasteiger partial charge in [-0.25, -0.2) is 4.79 Å². The van der Waals surface area contributed by atoms with Gasteiger partial charge >= 0.3 is 5.97 Å². The van der Waals surface area contributed by atoms with E-state index in [0.717, 1.165) is 5.56 Å². The van der Waals surface area contributed by atoms with Crippen molar-refractivity contribution in [3.8, 4) is 5.75 Å². The Balaban J connectivity index is 1.35. The van der Waals surface area contributed by atoms with E-state index < -0.39 is 54.9 Å². The number of ether oxygens (including phenoxy) is 5. The number of fused-ring (bicyclic) bond motifs is 1. The molecule has 0 bridgehead atoms. The molecule has 2 aromatic carbocycles. The number of nitrogens with one attached hydrogen (secondary N) is 1. The monoisotopic (exact) mass is 577 g/mol. The van der Waals surface area contributed by atoms with Crippen LogP contribution in [0.3, 0.4) is 0 Å². The molecule has 2 N–H and O–H groups in total. The number of amides is 1. The normalized spacial score (nSPS) is 26.2.